The van der Waals surface area contributed by atoms with E-state index in [1.54, 1.807) is 25.2 Å². The SMILES string of the molecule is CN(C[C@H](O)CNC(C)(C)CCCc1ccc(F)cc1)[SiH2]c1cc(CCC(=O)O)cc(C(F)(F)F)c1. The molecule has 0 aliphatic carbocycles. The van der Waals surface area contributed by atoms with Crippen molar-refractivity contribution >= 4 is 20.8 Å². The van der Waals surface area contributed by atoms with Gasteiger partial charge in [-0.25, -0.2) is 4.39 Å². The lowest BCUT2D eigenvalue weighted by atomic mass is 9.95. The van der Waals surface area contributed by atoms with Gasteiger partial charge in [0.2, 0.25) is 0 Å². The minimum Gasteiger partial charge on any atom is -0.481 e. The maximum absolute atomic E-state index is 13.3. The number of halogens is 4. The highest BCUT2D eigenvalue weighted by molar-refractivity contribution is 6.50. The predicted molar refractivity (Wildman–Crippen MR) is 136 cm³/mol. The fraction of sp³-hybridized carbons (Fsp3) is 0.500. The molecule has 0 aliphatic heterocycles. The summed E-state index contributed by atoms with van der Waals surface area (Å²) in [6, 6.07) is 10.2. The molecule has 0 amide bonds. The van der Waals surface area contributed by atoms with Crippen molar-refractivity contribution in [2.24, 2.45) is 0 Å². The van der Waals surface area contributed by atoms with Crippen molar-refractivity contribution in [2.75, 3.05) is 20.1 Å². The van der Waals surface area contributed by atoms with Crippen molar-refractivity contribution < 1.29 is 32.6 Å². The fourth-order valence-electron chi connectivity index (χ4n) is 4.08. The Balaban J connectivity index is 1.85. The van der Waals surface area contributed by atoms with Gasteiger partial charge in [0, 0.05) is 25.0 Å². The van der Waals surface area contributed by atoms with E-state index in [4.69, 9.17) is 5.11 Å². The van der Waals surface area contributed by atoms with Crippen LogP contribution in [0.15, 0.2) is 42.5 Å². The summed E-state index contributed by atoms with van der Waals surface area (Å²) in [6.45, 7) is 4.74. The Labute approximate surface area is 212 Å². The van der Waals surface area contributed by atoms with Gasteiger partial charge in [0.15, 0.2) is 0 Å². The molecule has 0 radical (unpaired) electrons. The van der Waals surface area contributed by atoms with Gasteiger partial charge in [0.05, 0.1) is 11.7 Å². The van der Waals surface area contributed by atoms with Gasteiger partial charge in [-0.2, -0.15) is 13.2 Å². The Bertz CT molecular complexity index is 984. The molecule has 0 fully saturated rings. The van der Waals surface area contributed by atoms with E-state index in [-0.39, 0.29) is 24.2 Å². The standard InChI is InChI=1S/C26H36F4N2O3Si/c1-25(2,12-4-5-18-6-9-21(27)10-7-18)31-16-22(33)17-32(3)36-23-14-19(8-11-24(34)35)13-20(15-23)26(28,29)30/h6-7,9-10,13-15,22,31,33H,4-5,8,11-12,16-17,36H2,1-3H3,(H,34,35)/t22-/m1/s1. The molecule has 0 aliphatic rings. The van der Waals surface area contributed by atoms with Gasteiger partial charge in [-0.3, -0.25) is 4.79 Å². The van der Waals surface area contributed by atoms with Crippen molar-refractivity contribution in [3.05, 3.63) is 65.0 Å². The van der Waals surface area contributed by atoms with E-state index in [0.29, 0.717) is 23.8 Å². The summed E-state index contributed by atoms with van der Waals surface area (Å²) in [6.07, 6.45) is -2.83. The van der Waals surface area contributed by atoms with Crippen LogP contribution in [0.3, 0.4) is 0 Å². The summed E-state index contributed by atoms with van der Waals surface area (Å²) in [7, 11) is 0.486. The minimum absolute atomic E-state index is 0.0349. The summed E-state index contributed by atoms with van der Waals surface area (Å²) < 4.78 is 54.9. The second-order valence-corrected chi connectivity index (χ2v) is 12.2. The van der Waals surface area contributed by atoms with Gasteiger partial charge in [0.1, 0.15) is 15.5 Å². The number of hydrogen-bond acceptors (Lipinski definition) is 4. The molecule has 0 bridgehead atoms. The molecule has 3 N–H and O–H groups in total. The molecule has 0 unspecified atom stereocenters. The number of β-amino-alcohol motifs (C(OH)–C–C–N with tert-alkyl or cyclic N) is 1. The molecule has 0 heterocycles. The molecule has 2 aromatic rings. The molecule has 2 rings (SSSR count). The van der Waals surface area contributed by atoms with Crippen LogP contribution in [-0.4, -0.2) is 62.2 Å². The smallest absolute Gasteiger partial charge is 0.416 e. The van der Waals surface area contributed by atoms with Crippen LogP contribution in [-0.2, 0) is 23.8 Å². The average Bonchev–Trinajstić information content (AvgIpc) is 2.77. The highest BCUT2D eigenvalue weighted by Crippen LogP contribution is 2.29. The number of likely N-dealkylation sites (N-methyl/N-ethyl adjacent to an activating group) is 1. The van der Waals surface area contributed by atoms with Crippen LogP contribution in [0.25, 0.3) is 0 Å². The highest BCUT2D eigenvalue weighted by atomic mass is 28.2. The number of hydrogen-bond donors (Lipinski definition) is 3. The van der Waals surface area contributed by atoms with Crippen LogP contribution >= 0.6 is 0 Å². The molecule has 2 aromatic carbocycles. The largest absolute Gasteiger partial charge is 0.481 e. The lowest BCUT2D eigenvalue weighted by molar-refractivity contribution is -0.137. The third-order valence-corrected chi connectivity index (χ3v) is 7.55. The Hall–Kier alpha value is -2.27. The van der Waals surface area contributed by atoms with Crippen molar-refractivity contribution in [1.29, 1.82) is 0 Å². The summed E-state index contributed by atoms with van der Waals surface area (Å²) in [5, 5.41) is 23.3. The van der Waals surface area contributed by atoms with Crippen LogP contribution in [0, 0.1) is 5.82 Å². The fourth-order valence-corrected chi connectivity index (χ4v) is 5.80. The van der Waals surface area contributed by atoms with Crippen LogP contribution < -0.4 is 10.5 Å². The van der Waals surface area contributed by atoms with Crippen molar-refractivity contribution in [3.63, 3.8) is 0 Å². The van der Waals surface area contributed by atoms with Crippen LogP contribution in [0.5, 0.6) is 0 Å². The second kappa shape index (κ2) is 13.3. The topological polar surface area (TPSA) is 72.8 Å². The van der Waals surface area contributed by atoms with E-state index in [0.717, 1.165) is 37.0 Å². The van der Waals surface area contributed by atoms with Crippen molar-refractivity contribution in [1.82, 2.24) is 9.88 Å². The van der Waals surface area contributed by atoms with Gasteiger partial charge >= 0.3 is 12.1 Å². The predicted octanol–water partition coefficient (Wildman–Crippen LogP) is 3.25. The molecule has 0 saturated carbocycles. The Morgan fingerprint density at radius 3 is 2.36 bits per heavy atom. The number of nitrogens with zero attached hydrogens (tertiary/aromatic N) is 1. The number of carboxylic acids is 1. The van der Waals surface area contributed by atoms with Gasteiger partial charge in [0.25, 0.3) is 0 Å². The molecule has 0 aromatic heterocycles. The average molecular weight is 529 g/mol. The van der Waals surface area contributed by atoms with E-state index >= 15 is 0 Å². The zero-order valence-corrected chi connectivity index (χ0v) is 22.5. The Kier molecular flexibility index (Phi) is 11.1. The summed E-state index contributed by atoms with van der Waals surface area (Å²) in [4.78, 5) is 10.8. The Morgan fingerprint density at radius 2 is 1.75 bits per heavy atom. The van der Waals surface area contributed by atoms with Gasteiger partial charge in [-0.15, -0.1) is 0 Å². The monoisotopic (exact) mass is 528 g/mol. The molecule has 5 nitrogen and oxygen atoms in total. The molecule has 10 heteroatoms. The van der Waals surface area contributed by atoms with Crippen molar-refractivity contribution in [2.45, 2.75) is 63.8 Å². The number of benzene rings is 2. The molecule has 0 saturated heterocycles. The van der Waals surface area contributed by atoms with E-state index in [9.17, 15) is 27.5 Å². The third-order valence-electron chi connectivity index (χ3n) is 5.98. The van der Waals surface area contributed by atoms with Crippen molar-refractivity contribution in [3.8, 4) is 0 Å². The summed E-state index contributed by atoms with van der Waals surface area (Å²) in [5.41, 5.74) is 0.426. The molecule has 36 heavy (non-hydrogen) atoms. The number of aliphatic carboxylic acids is 1. The van der Waals surface area contributed by atoms with Crippen LogP contribution in [0.4, 0.5) is 17.6 Å². The molecule has 0 spiro atoms. The van der Waals surface area contributed by atoms with E-state index in [1.165, 1.54) is 12.1 Å². The lowest BCUT2D eigenvalue weighted by Crippen LogP contribution is -2.47. The number of carboxylic acid groups (broad SMARTS) is 1. The normalized spacial score (nSPS) is 13.6. The first kappa shape index (κ1) is 30.0. The zero-order valence-electron chi connectivity index (χ0n) is 21.0. The molecule has 200 valence electrons. The number of aryl methyl sites for hydroxylation is 2. The number of alkyl halides is 3. The minimum atomic E-state index is -4.51. The number of aliphatic hydroxyl groups excluding tert-OH is 1. The van der Waals surface area contributed by atoms with E-state index < -0.39 is 33.5 Å². The van der Waals surface area contributed by atoms with Crippen LogP contribution in [0.1, 0.15) is 49.8 Å². The number of rotatable bonds is 14. The van der Waals surface area contributed by atoms with Crippen LogP contribution in [0.2, 0.25) is 0 Å². The molecular formula is C26H36F4N2O3Si. The first-order valence-electron chi connectivity index (χ1n) is 12.0. The quantitative estimate of drug-likeness (QED) is 0.259. The maximum Gasteiger partial charge on any atom is 0.416 e. The number of carbonyl (C=O) groups is 1. The van der Waals surface area contributed by atoms with E-state index in [1.807, 2.05) is 18.4 Å². The first-order valence-corrected chi connectivity index (χ1v) is 13.4. The molecule has 1 atom stereocenters. The third kappa shape index (κ3) is 11.2. The number of aliphatic hydroxyl groups is 1. The lowest BCUT2D eigenvalue weighted by Gasteiger charge is -2.29. The highest BCUT2D eigenvalue weighted by Gasteiger charge is 2.31. The van der Waals surface area contributed by atoms with E-state index in [2.05, 4.69) is 5.32 Å². The zero-order chi connectivity index (χ0) is 26.9. The Morgan fingerprint density at radius 1 is 1.08 bits per heavy atom. The second-order valence-electron chi connectivity index (χ2n) is 10.0. The van der Waals surface area contributed by atoms with Gasteiger partial charge in [-0.1, -0.05) is 18.2 Å². The molecular weight excluding hydrogens is 492 g/mol. The number of nitrogens with one attached hydrogen (secondary N) is 1. The van der Waals surface area contributed by atoms with Gasteiger partial charge < -0.3 is 20.1 Å². The summed E-state index contributed by atoms with van der Waals surface area (Å²) in [5.74, 6) is -1.31. The maximum atomic E-state index is 13.3. The summed E-state index contributed by atoms with van der Waals surface area (Å²) >= 11 is 0. The first-order chi connectivity index (χ1) is 16.7. The van der Waals surface area contributed by atoms with Gasteiger partial charge in [-0.05, 0) is 87.2 Å².